The number of hydrogen-bond donors (Lipinski definition) is 0. The second-order valence-electron chi connectivity index (χ2n) is 7.04. The van der Waals surface area contributed by atoms with Gasteiger partial charge in [-0.15, -0.1) is 5.10 Å². The molecule has 0 aliphatic carbocycles. The van der Waals surface area contributed by atoms with Crippen molar-refractivity contribution >= 4 is 5.91 Å². The largest absolute Gasteiger partial charge is 0.376 e. The molecule has 1 aliphatic rings. The van der Waals surface area contributed by atoms with E-state index in [0.717, 1.165) is 38.2 Å². The number of ether oxygens (including phenoxy) is 1. The molecule has 144 valence electrons. The van der Waals surface area contributed by atoms with E-state index in [4.69, 9.17) is 4.74 Å². The smallest absolute Gasteiger partial charge is 0.253 e. The van der Waals surface area contributed by atoms with Gasteiger partial charge in [0.05, 0.1) is 12.3 Å². The summed E-state index contributed by atoms with van der Waals surface area (Å²) >= 11 is 0. The fourth-order valence-corrected chi connectivity index (χ4v) is 3.46. The Labute approximate surface area is 163 Å². The molecule has 7 heteroatoms. The fourth-order valence-electron chi connectivity index (χ4n) is 3.46. The zero-order chi connectivity index (χ0) is 19.2. The molecule has 0 saturated carbocycles. The van der Waals surface area contributed by atoms with E-state index in [9.17, 15) is 4.79 Å². The summed E-state index contributed by atoms with van der Waals surface area (Å²) in [4.78, 5) is 14.8. The third-order valence-electron chi connectivity index (χ3n) is 5.07. The van der Waals surface area contributed by atoms with Crippen LogP contribution in [-0.4, -0.2) is 50.7 Å². The van der Waals surface area contributed by atoms with E-state index in [1.807, 2.05) is 47.4 Å². The first-order valence-electron chi connectivity index (χ1n) is 9.54. The molecule has 0 bridgehead atoms. The van der Waals surface area contributed by atoms with Crippen LogP contribution in [0.4, 0.5) is 0 Å². The average molecular weight is 377 g/mol. The van der Waals surface area contributed by atoms with Crippen LogP contribution in [0.2, 0.25) is 0 Å². The first kappa shape index (κ1) is 18.3. The molecule has 28 heavy (non-hydrogen) atoms. The lowest BCUT2D eigenvalue weighted by atomic mass is 9.97. The van der Waals surface area contributed by atoms with Crippen molar-refractivity contribution in [1.82, 2.24) is 25.1 Å². The molecule has 3 aromatic rings. The Hall–Kier alpha value is -3.06. The third-order valence-corrected chi connectivity index (χ3v) is 5.07. The third kappa shape index (κ3) is 4.43. The van der Waals surface area contributed by atoms with Gasteiger partial charge in [-0.05, 0) is 52.9 Å². The zero-order valence-corrected chi connectivity index (χ0v) is 15.6. The minimum atomic E-state index is 0.0542. The summed E-state index contributed by atoms with van der Waals surface area (Å²) in [5, 5.41) is 11.2. The highest BCUT2D eigenvalue weighted by molar-refractivity contribution is 5.94. The zero-order valence-electron chi connectivity index (χ0n) is 15.6. The molecule has 1 aromatic heterocycles. The Morgan fingerprint density at radius 2 is 1.89 bits per heavy atom. The Kier molecular flexibility index (Phi) is 5.72. The highest BCUT2D eigenvalue weighted by Crippen LogP contribution is 2.20. The van der Waals surface area contributed by atoms with Crippen molar-refractivity contribution in [2.24, 2.45) is 5.92 Å². The minimum absolute atomic E-state index is 0.0542. The second-order valence-corrected chi connectivity index (χ2v) is 7.04. The molecule has 1 saturated heterocycles. The van der Waals surface area contributed by atoms with Gasteiger partial charge in [0.1, 0.15) is 6.33 Å². The molecule has 2 aromatic carbocycles. The van der Waals surface area contributed by atoms with Crippen molar-refractivity contribution in [3.8, 4) is 5.69 Å². The maximum atomic E-state index is 12.9. The van der Waals surface area contributed by atoms with Gasteiger partial charge in [-0.3, -0.25) is 4.79 Å². The number of piperidine rings is 1. The van der Waals surface area contributed by atoms with Crippen molar-refractivity contribution < 1.29 is 9.53 Å². The van der Waals surface area contributed by atoms with E-state index in [-0.39, 0.29) is 5.91 Å². The number of likely N-dealkylation sites (tertiary alicyclic amines) is 1. The second kappa shape index (κ2) is 8.75. The summed E-state index contributed by atoms with van der Waals surface area (Å²) in [5.41, 5.74) is 2.63. The van der Waals surface area contributed by atoms with Gasteiger partial charge in [0, 0.05) is 25.3 Å². The normalized spacial score (nSPS) is 14.9. The Morgan fingerprint density at radius 3 is 2.64 bits per heavy atom. The summed E-state index contributed by atoms with van der Waals surface area (Å²) in [6.07, 6.45) is 3.45. The summed E-state index contributed by atoms with van der Waals surface area (Å²) in [7, 11) is 0. The average Bonchev–Trinajstić information content (AvgIpc) is 3.30. The van der Waals surface area contributed by atoms with E-state index in [1.165, 1.54) is 11.9 Å². The first-order chi connectivity index (χ1) is 13.8. The van der Waals surface area contributed by atoms with Gasteiger partial charge >= 0.3 is 0 Å². The molecule has 0 N–H and O–H groups in total. The van der Waals surface area contributed by atoms with Crippen LogP contribution in [0.3, 0.4) is 0 Å². The summed E-state index contributed by atoms with van der Waals surface area (Å²) in [6.45, 7) is 2.90. The molecule has 0 radical (unpaired) electrons. The molecule has 4 rings (SSSR count). The SMILES string of the molecule is O=C(c1cccc(-n2cnnn2)c1)N1CCC(COCc2ccccc2)CC1. The van der Waals surface area contributed by atoms with Crippen molar-refractivity contribution in [3.05, 3.63) is 72.1 Å². The standard InChI is InChI=1S/C21H23N5O2/c27-21(19-7-4-8-20(13-19)26-16-22-23-24-26)25-11-9-18(10-12-25)15-28-14-17-5-2-1-3-6-17/h1-8,13,16,18H,9-12,14-15H2. The van der Waals surface area contributed by atoms with Gasteiger partial charge in [-0.25, -0.2) is 4.68 Å². The van der Waals surface area contributed by atoms with Gasteiger partial charge < -0.3 is 9.64 Å². The molecule has 0 unspecified atom stereocenters. The minimum Gasteiger partial charge on any atom is -0.376 e. The first-order valence-corrected chi connectivity index (χ1v) is 9.54. The number of nitrogens with zero attached hydrogens (tertiary/aromatic N) is 5. The Morgan fingerprint density at radius 1 is 1.07 bits per heavy atom. The molecule has 2 heterocycles. The van der Waals surface area contributed by atoms with Crippen LogP contribution in [0.5, 0.6) is 0 Å². The number of benzene rings is 2. The van der Waals surface area contributed by atoms with E-state index >= 15 is 0 Å². The number of aromatic nitrogens is 4. The van der Waals surface area contributed by atoms with Crippen molar-refractivity contribution in [1.29, 1.82) is 0 Å². The molecule has 7 nitrogen and oxygen atoms in total. The van der Waals surface area contributed by atoms with Crippen molar-refractivity contribution in [2.45, 2.75) is 19.4 Å². The molecule has 1 fully saturated rings. The van der Waals surface area contributed by atoms with Crippen LogP contribution in [0.25, 0.3) is 5.69 Å². The van der Waals surface area contributed by atoms with E-state index in [0.29, 0.717) is 18.1 Å². The lowest BCUT2D eigenvalue weighted by Gasteiger charge is -2.32. The summed E-state index contributed by atoms with van der Waals surface area (Å²) < 4.78 is 7.42. The highest BCUT2D eigenvalue weighted by atomic mass is 16.5. The maximum Gasteiger partial charge on any atom is 0.253 e. The molecular weight excluding hydrogens is 354 g/mol. The van der Waals surface area contributed by atoms with Crippen LogP contribution >= 0.6 is 0 Å². The molecule has 0 atom stereocenters. The van der Waals surface area contributed by atoms with Gasteiger partial charge in [-0.1, -0.05) is 36.4 Å². The van der Waals surface area contributed by atoms with E-state index in [2.05, 4.69) is 27.7 Å². The topological polar surface area (TPSA) is 73.1 Å². The maximum absolute atomic E-state index is 12.9. The quantitative estimate of drug-likeness (QED) is 0.660. The number of hydrogen-bond acceptors (Lipinski definition) is 5. The molecule has 1 aliphatic heterocycles. The predicted molar refractivity (Wildman–Crippen MR) is 104 cm³/mol. The van der Waals surface area contributed by atoms with Crippen LogP contribution in [0, 0.1) is 5.92 Å². The van der Waals surface area contributed by atoms with Crippen molar-refractivity contribution in [2.75, 3.05) is 19.7 Å². The molecular formula is C21H23N5O2. The van der Waals surface area contributed by atoms with Gasteiger partial charge in [-0.2, -0.15) is 0 Å². The van der Waals surface area contributed by atoms with Gasteiger partial charge in [0.15, 0.2) is 0 Å². The monoisotopic (exact) mass is 377 g/mol. The Balaban J connectivity index is 1.28. The van der Waals surface area contributed by atoms with Crippen LogP contribution < -0.4 is 0 Å². The lowest BCUT2D eigenvalue weighted by molar-refractivity contribution is 0.0478. The number of tetrazole rings is 1. The van der Waals surface area contributed by atoms with Gasteiger partial charge in [0.25, 0.3) is 5.91 Å². The lowest BCUT2D eigenvalue weighted by Crippen LogP contribution is -2.39. The summed E-state index contributed by atoms with van der Waals surface area (Å²) in [6, 6.07) is 17.6. The predicted octanol–water partition coefficient (Wildman–Crippen LogP) is 2.73. The molecule has 0 spiro atoms. The number of amides is 1. The number of carbonyl (C=O) groups excluding carboxylic acids is 1. The highest BCUT2D eigenvalue weighted by Gasteiger charge is 2.24. The summed E-state index contributed by atoms with van der Waals surface area (Å²) in [5.74, 6) is 0.555. The van der Waals surface area contributed by atoms with E-state index < -0.39 is 0 Å². The van der Waals surface area contributed by atoms with Gasteiger partial charge in [0.2, 0.25) is 0 Å². The van der Waals surface area contributed by atoms with Crippen molar-refractivity contribution in [3.63, 3.8) is 0 Å². The fraction of sp³-hybridized carbons (Fsp3) is 0.333. The Bertz CT molecular complexity index is 890. The molecule has 1 amide bonds. The van der Waals surface area contributed by atoms with Crippen LogP contribution in [-0.2, 0) is 11.3 Å². The number of carbonyl (C=O) groups is 1. The van der Waals surface area contributed by atoms with E-state index in [1.54, 1.807) is 4.68 Å². The van der Waals surface area contributed by atoms with Crippen LogP contribution in [0.1, 0.15) is 28.8 Å². The van der Waals surface area contributed by atoms with Crippen LogP contribution in [0.15, 0.2) is 60.9 Å². The number of rotatable bonds is 6.